The summed E-state index contributed by atoms with van der Waals surface area (Å²) < 4.78 is 29.5. The molecule has 1 aliphatic heterocycles. The van der Waals surface area contributed by atoms with Gasteiger partial charge in [0.25, 0.3) is 5.69 Å². The molecule has 1 aliphatic rings. The summed E-state index contributed by atoms with van der Waals surface area (Å²) >= 11 is 0. The van der Waals surface area contributed by atoms with E-state index in [-0.39, 0.29) is 16.3 Å². The van der Waals surface area contributed by atoms with Gasteiger partial charge in [0.15, 0.2) is 0 Å². The second-order valence-electron chi connectivity index (χ2n) is 8.16. The quantitative estimate of drug-likeness (QED) is 0.394. The number of sulfonamides is 1. The number of nitro benzene ring substituents is 1. The van der Waals surface area contributed by atoms with Gasteiger partial charge < -0.3 is 9.88 Å². The summed E-state index contributed by atoms with van der Waals surface area (Å²) in [6, 6.07) is 12.0. The molecule has 10 heteroatoms. The Morgan fingerprint density at radius 3 is 2.33 bits per heavy atom. The highest BCUT2D eigenvalue weighted by Gasteiger charge is 2.28. The lowest BCUT2D eigenvalue weighted by atomic mass is 10.1. The van der Waals surface area contributed by atoms with E-state index in [2.05, 4.69) is 10.3 Å². The highest BCUT2D eigenvalue weighted by Crippen LogP contribution is 2.30. The Hall–Kier alpha value is -3.24. The molecule has 33 heavy (non-hydrogen) atoms. The molecule has 0 aliphatic carbocycles. The van der Waals surface area contributed by atoms with Crippen molar-refractivity contribution in [3.05, 3.63) is 82.4 Å². The first-order valence-corrected chi connectivity index (χ1v) is 12.4. The Morgan fingerprint density at radius 2 is 1.70 bits per heavy atom. The van der Waals surface area contributed by atoms with Gasteiger partial charge in [-0.2, -0.15) is 4.31 Å². The van der Waals surface area contributed by atoms with Crippen LogP contribution < -0.4 is 5.32 Å². The molecule has 0 unspecified atom stereocenters. The molecule has 0 bridgehead atoms. The second kappa shape index (κ2) is 10.1. The number of benzene rings is 2. The standard InChI is InChI=1S/C23H27N5O4S/c29-28(30)23-15-21(33(31,32)27-12-3-1-2-4-13-27)9-10-22(23)25-16-19-5-7-20(8-6-19)17-26-14-11-24-18-26/h5-11,14-15,18,25H,1-4,12-13,16-17H2. The first-order chi connectivity index (χ1) is 15.9. The van der Waals surface area contributed by atoms with E-state index in [4.69, 9.17) is 0 Å². The Bertz CT molecular complexity index is 1190. The van der Waals surface area contributed by atoms with Crippen molar-refractivity contribution in [1.29, 1.82) is 0 Å². The van der Waals surface area contributed by atoms with Crippen LogP contribution in [0.1, 0.15) is 36.8 Å². The summed E-state index contributed by atoms with van der Waals surface area (Å²) in [7, 11) is -3.76. The van der Waals surface area contributed by atoms with Crippen LogP contribution in [0.25, 0.3) is 0 Å². The van der Waals surface area contributed by atoms with Crippen LogP contribution in [-0.2, 0) is 23.1 Å². The summed E-state index contributed by atoms with van der Waals surface area (Å²) in [6.07, 6.45) is 9.00. The summed E-state index contributed by atoms with van der Waals surface area (Å²) in [6.45, 7) is 2.00. The molecule has 1 saturated heterocycles. The minimum atomic E-state index is -3.76. The van der Waals surface area contributed by atoms with Gasteiger partial charge in [-0.05, 0) is 36.1 Å². The van der Waals surface area contributed by atoms with E-state index < -0.39 is 14.9 Å². The molecule has 0 saturated carbocycles. The van der Waals surface area contributed by atoms with Gasteiger partial charge in [-0.15, -0.1) is 0 Å². The number of rotatable bonds is 8. The zero-order chi connectivity index (χ0) is 23.3. The van der Waals surface area contributed by atoms with Gasteiger partial charge in [0, 0.05) is 44.6 Å². The maximum atomic E-state index is 13.0. The Kier molecular flexibility index (Phi) is 7.05. The summed E-state index contributed by atoms with van der Waals surface area (Å²) in [5.41, 5.74) is 2.12. The minimum absolute atomic E-state index is 0.0366. The topological polar surface area (TPSA) is 110 Å². The number of hydrogen-bond acceptors (Lipinski definition) is 6. The molecule has 3 aromatic rings. The van der Waals surface area contributed by atoms with Crippen LogP contribution in [0.4, 0.5) is 11.4 Å². The van der Waals surface area contributed by atoms with E-state index in [1.165, 1.54) is 16.4 Å². The molecule has 2 aromatic carbocycles. The number of hydrogen-bond donors (Lipinski definition) is 1. The van der Waals surface area contributed by atoms with Gasteiger partial charge in [0.05, 0.1) is 16.1 Å². The number of imidazole rings is 1. The lowest BCUT2D eigenvalue weighted by Crippen LogP contribution is -2.32. The average Bonchev–Trinajstić information content (AvgIpc) is 3.16. The van der Waals surface area contributed by atoms with Crippen molar-refractivity contribution in [2.45, 2.75) is 43.7 Å². The van der Waals surface area contributed by atoms with E-state index in [1.807, 2.05) is 35.0 Å². The Morgan fingerprint density at radius 1 is 1.00 bits per heavy atom. The van der Waals surface area contributed by atoms with Crippen molar-refractivity contribution in [3.8, 4) is 0 Å². The van der Waals surface area contributed by atoms with E-state index in [9.17, 15) is 18.5 Å². The van der Waals surface area contributed by atoms with Crippen LogP contribution in [0.3, 0.4) is 0 Å². The van der Waals surface area contributed by atoms with Crippen molar-refractivity contribution in [2.24, 2.45) is 0 Å². The fourth-order valence-electron chi connectivity index (χ4n) is 3.95. The predicted octanol–water partition coefficient (Wildman–Crippen LogP) is 4.02. The highest BCUT2D eigenvalue weighted by molar-refractivity contribution is 7.89. The first kappa shape index (κ1) is 22.9. The molecule has 0 atom stereocenters. The molecule has 4 rings (SSSR count). The number of nitrogens with zero attached hydrogens (tertiary/aromatic N) is 4. The highest BCUT2D eigenvalue weighted by atomic mass is 32.2. The van der Waals surface area contributed by atoms with Gasteiger partial charge in [0.1, 0.15) is 5.69 Å². The number of nitrogens with one attached hydrogen (secondary N) is 1. The van der Waals surface area contributed by atoms with Gasteiger partial charge in [-0.3, -0.25) is 10.1 Å². The SMILES string of the molecule is O=[N+]([O-])c1cc(S(=O)(=O)N2CCCCCC2)ccc1NCc1ccc(Cn2ccnc2)cc1. The monoisotopic (exact) mass is 469 g/mol. The molecule has 0 amide bonds. The van der Waals surface area contributed by atoms with Crippen LogP contribution in [0.15, 0.2) is 66.1 Å². The van der Waals surface area contributed by atoms with Crippen molar-refractivity contribution in [2.75, 3.05) is 18.4 Å². The number of anilines is 1. The van der Waals surface area contributed by atoms with Gasteiger partial charge in [-0.25, -0.2) is 13.4 Å². The largest absolute Gasteiger partial charge is 0.375 e. The van der Waals surface area contributed by atoms with E-state index in [1.54, 1.807) is 12.5 Å². The van der Waals surface area contributed by atoms with Crippen molar-refractivity contribution < 1.29 is 13.3 Å². The third-order valence-corrected chi connectivity index (χ3v) is 7.69. The maximum absolute atomic E-state index is 13.0. The smallest absolute Gasteiger partial charge is 0.293 e. The van der Waals surface area contributed by atoms with E-state index >= 15 is 0 Å². The lowest BCUT2D eigenvalue weighted by molar-refractivity contribution is -0.384. The fourth-order valence-corrected chi connectivity index (χ4v) is 5.49. The third-order valence-electron chi connectivity index (χ3n) is 5.80. The van der Waals surface area contributed by atoms with Crippen LogP contribution in [0.5, 0.6) is 0 Å². The van der Waals surface area contributed by atoms with Gasteiger partial charge in [-0.1, -0.05) is 37.1 Å². The average molecular weight is 470 g/mol. The molecule has 1 aromatic heterocycles. The molecule has 9 nitrogen and oxygen atoms in total. The normalized spacial score (nSPS) is 15.2. The molecular weight excluding hydrogens is 442 g/mol. The molecule has 1 fully saturated rings. The van der Waals surface area contributed by atoms with Crippen molar-refractivity contribution in [1.82, 2.24) is 13.9 Å². The predicted molar refractivity (Wildman–Crippen MR) is 125 cm³/mol. The molecule has 2 heterocycles. The summed E-state index contributed by atoms with van der Waals surface area (Å²) in [4.78, 5) is 15.1. The third kappa shape index (κ3) is 5.58. The van der Waals surface area contributed by atoms with Gasteiger partial charge in [0.2, 0.25) is 10.0 Å². The maximum Gasteiger partial charge on any atom is 0.293 e. The minimum Gasteiger partial charge on any atom is -0.375 e. The molecule has 1 N–H and O–H groups in total. The van der Waals surface area contributed by atoms with Crippen LogP contribution in [0.2, 0.25) is 0 Å². The number of nitro groups is 1. The molecule has 0 radical (unpaired) electrons. The summed E-state index contributed by atoms with van der Waals surface area (Å²) in [5.74, 6) is 0. The zero-order valence-electron chi connectivity index (χ0n) is 18.3. The lowest BCUT2D eigenvalue weighted by Gasteiger charge is -2.20. The zero-order valence-corrected chi connectivity index (χ0v) is 19.1. The van der Waals surface area contributed by atoms with Crippen molar-refractivity contribution >= 4 is 21.4 Å². The fraction of sp³-hybridized carbons (Fsp3) is 0.348. The summed E-state index contributed by atoms with van der Waals surface area (Å²) in [5, 5.41) is 14.8. The molecule has 174 valence electrons. The second-order valence-corrected chi connectivity index (χ2v) is 10.1. The number of aromatic nitrogens is 2. The van der Waals surface area contributed by atoms with Gasteiger partial charge >= 0.3 is 0 Å². The van der Waals surface area contributed by atoms with E-state index in [0.29, 0.717) is 26.2 Å². The van der Waals surface area contributed by atoms with Crippen LogP contribution >= 0.6 is 0 Å². The molecule has 0 spiro atoms. The Balaban J connectivity index is 1.47. The van der Waals surface area contributed by atoms with Crippen molar-refractivity contribution in [3.63, 3.8) is 0 Å². The first-order valence-electron chi connectivity index (χ1n) is 11.0. The Labute approximate surface area is 193 Å². The van der Waals surface area contributed by atoms with Crippen LogP contribution in [0, 0.1) is 10.1 Å². The molecular formula is C23H27N5O4S. The van der Waals surface area contributed by atoms with E-state index in [0.717, 1.165) is 42.9 Å². The van der Waals surface area contributed by atoms with Crippen LogP contribution in [-0.4, -0.2) is 40.3 Å².